The molecule has 6 heteroatoms. The van der Waals surface area contributed by atoms with Gasteiger partial charge in [0.1, 0.15) is 0 Å². The van der Waals surface area contributed by atoms with E-state index in [1.54, 1.807) is 4.68 Å². The number of aromatic nitrogens is 2. The lowest BCUT2D eigenvalue weighted by molar-refractivity contribution is 0.0697. The normalized spacial score (nSPS) is 18.2. The minimum atomic E-state index is 0.0580. The van der Waals surface area contributed by atoms with Gasteiger partial charge in [0.05, 0.1) is 16.9 Å². The number of hydrogen-bond acceptors (Lipinski definition) is 3. The lowest BCUT2D eigenvalue weighted by atomic mass is 10.0. The first-order valence-electron chi connectivity index (χ1n) is 7.87. The highest BCUT2D eigenvalue weighted by atomic mass is 35.5. The Labute approximate surface area is 141 Å². The zero-order valence-corrected chi connectivity index (χ0v) is 14.2. The van der Waals surface area contributed by atoms with Crippen LogP contribution in [0.2, 0.25) is 5.02 Å². The monoisotopic (exact) mass is 332 g/mol. The average Bonchev–Trinajstić information content (AvgIpc) is 2.96. The predicted octanol–water partition coefficient (Wildman–Crippen LogP) is 2.66. The van der Waals surface area contributed by atoms with Crippen molar-refractivity contribution in [1.29, 1.82) is 0 Å². The van der Waals surface area contributed by atoms with Gasteiger partial charge in [-0.1, -0.05) is 11.6 Å². The van der Waals surface area contributed by atoms with Gasteiger partial charge in [-0.2, -0.15) is 5.10 Å². The molecule has 122 valence electrons. The molecule has 1 unspecified atom stereocenters. The molecule has 3 rings (SSSR count). The van der Waals surface area contributed by atoms with E-state index in [9.17, 15) is 4.79 Å². The zero-order chi connectivity index (χ0) is 16.4. The number of amides is 1. The van der Waals surface area contributed by atoms with Gasteiger partial charge < -0.3 is 10.2 Å². The summed E-state index contributed by atoms with van der Waals surface area (Å²) in [5.41, 5.74) is 2.30. The standard InChI is InChI=1S/C17H21ClN4O/c1-12-16(17(23)21-9-3-4-14(10-21)19-2)11-22(20-12)15-7-5-13(18)6-8-15/h5-8,11,14,19H,3-4,9-10H2,1-2H3. The van der Waals surface area contributed by atoms with E-state index < -0.39 is 0 Å². The zero-order valence-electron chi connectivity index (χ0n) is 13.4. The van der Waals surface area contributed by atoms with Crippen LogP contribution in [-0.2, 0) is 0 Å². The Morgan fingerprint density at radius 2 is 2.09 bits per heavy atom. The van der Waals surface area contributed by atoms with Crippen LogP contribution in [0, 0.1) is 6.92 Å². The van der Waals surface area contributed by atoms with E-state index in [1.807, 2.05) is 49.3 Å². The smallest absolute Gasteiger partial charge is 0.257 e. The molecule has 0 aliphatic carbocycles. The van der Waals surface area contributed by atoms with Gasteiger partial charge in [0, 0.05) is 30.4 Å². The number of piperidine rings is 1. The second-order valence-corrected chi connectivity index (χ2v) is 6.36. The average molecular weight is 333 g/mol. The number of benzene rings is 1. The molecule has 2 aromatic rings. The van der Waals surface area contributed by atoms with Crippen LogP contribution >= 0.6 is 11.6 Å². The third-order valence-corrected chi connectivity index (χ3v) is 4.59. The fraction of sp³-hybridized carbons (Fsp3) is 0.412. The predicted molar refractivity (Wildman–Crippen MR) is 91.3 cm³/mol. The van der Waals surface area contributed by atoms with Crippen molar-refractivity contribution in [3.05, 3.63) is 46.7 Å². The quantitative estimate of drug-likeness (QED) is 0.940. The van der Waals surface area contributed by atoms with Gasteiger partial charge in [0.2, 0.25) is 0 Å². The Morgan fingerprint density at radius 1 is 1.35 bits per heavy atom. The second kappa shape index (κ2) is 6.72. The molecule has 1 aromatic carbocycles. The topological polar surface area (TPSA) is 50.2 Å². The maximum Gasteiger partial charge on any atom is 0.257 e. The van der Waals surface area contributed by atoms with Crippen LogP contribution in [0.5, 0.6) is 0 Å². The molecule has 23 heavy (non-hydrogen) atoms. The fourth-order valence-electron chi connectivity index (χ4n) is 2.96. The van der Waals surface area contributed by atoms with Gasteiger partial charge in [-0.25, -0.2) is 4.68 Å². The Kier molecular flexibility index (Phi) is 4.68. The molecule has 1 N–H and O–H groups in total. The molecule has 1 fully saturated rings. The van der Waals surface area contributed by atoms with E-state index in [0.717, 1.165) is 37.3 Å². The van der Waals surface area contributed by atoms with Crippen LogP contribution in [0.1, 0.15) is 28.9 Å². The Bertz CT molecular complexity index is 695. The van der Waals surface area contributed by atoms with Gasteiger partial charge in [-0.3, -0.25) is 4.79 Å². The lowest BCUT2D eigenvalue weighted by Crippen LogP contribution is -2.47. The molecule has 5 nitrogen and oxygen atoms in total. The van der Waals surface area contributed by atoms with Crippen LogP contribution in [0.3, 0.4) is 0 Å². The van der Waals surface area contributed by atoms with Crippen molar-refractivity contribution in [2.75, 3.05) is 20.1 Å². The van der Waals surface area contributed by atoms with Crippen LogP contribution in [0.15, 0.2) is 30.5 Å². The van der Waals surface area contributed by atoms with E-state index in [4.69, 9.17) is 11.6 Å². The first kappa shape index (κ1) is 16.0. The highest BCUT2D eigenvalue weighted by Crippen LogP contribution is 2.18. The minimum Gasteiger partial charge on any atom is -0.337 e. The molecule has 0 radical (unpaired) electrons. The highest BCUT2D eigenvalue weighted by Gasteiger charge is 2.25. The van der Waals surface area contributed by atoms with Crippen molar-refractivity contribution in [1.82, 2.24) is 20.0 Å². The summed E-state index contributed by atoms with van der Waals surface area (Å²) in [6, 6.07) is 7.79. The summed E-state index contributed by atoms with van der Waals surface area (Å²) >= 11 is 5.92. The number of likely N-dealkylation sites (tertiary alicyclic amines) is 1. The number of halogens is 1. The SMILES string of the molecule is CNC1CCCN(C(=O)c2cn(-c3ccc(Cl)cc3)nc2C)C1. The number of rotatable bonds is 3. The van der Waals surface area contributed by atoms with Crippen LogP contribution < -0.4 is 5.32 Å². The first-order valence-corrected chi connectivity index (χ1v) is 8.25. The van der Waals surface area contributed by atoms with E-state index >= 15 is 0 Å². The molecule has 0 spiro atoms. The number of carbonyl (C=O) groups is 1. The molecule has 1 saturated heterocycles. The van der Waals surface area contributed by atoms with Gasteiger partial charge in [0.15, 0.2) is 0 Å². The van der Waals surface area contributed by atoms with Gasteiger partial charge in [-0.15, -0.1) is 0 Å². The number of nitrogens with one attached hydrogen (secondary N) is 1. The lowest BCUT2D eigenvalue weighted by Gasteiger charge is -2.32. The number of nitrogens with zero attached hydrogens (tertiary/aromatic N) is 3. The van der Waals surface area contributed by atoms with Crippen molar-refractivity contribution < 1.29 is 4.79 Å². The molecular weight excluding hydrogens is 312 g/mol. The molecule has 0 bridgehead atoms. The van der Waals surface area contributed by atoms with Gasteiger partial charge >= 0.3 is 0 Å². The van der Waals surface area contributed by atoms with E-state index in [-0.39, 0.29) is 5.91 Å². The molecule has 2 heterocycles. The van der Waals surface area contributed by atoms with Gasteiger partial charge in [-0.05, 0) is 51.1 Å². The van der Waals surface area contributed by atoms with E-state index in [0.29, 0.717) is 16.6 Å². The Balaban J connectivity index is 1.83. The summed E-state index contributed by atoms with van der Waals surface area (Å²) in [6.07, 6.45) is 3.95. The Morgan fingerprint density at radius 3 is 2.78 bits per heavy atom. The number of likely N-dealkylation sites (N-methyl/N-ethyl adjacent to an activating group) is 1. The van der Waals surface area contributed by atoms with Crippen molar-refractivity contribution in [2.24, 2.45) is 0 Å². The molecule has 1 aromatic heterocycles. The van der Waals surface area contributed by atoms with Crippen molar-refractivity contribution in [3.63, 3.8) is 0 Å². The molecule has 1 atom stereocenters. The minimum absolute atomic E-state index is 0.0580. The number of carbonyl (C=O) groups excluding carboxylic acids is 1. The Hall–Kier alpha value is -1.85. The number of aryl methyl sites for hydroxylation is 1. The maximum atomic E-state index is 12.8. The van der Waals surface area contributed by atoms with Crippen LogP contribution in [0.4, 0.5) is 0 Å². The summed E-state index contributed by atoms with van der Waals surface area (Å²) in [4.78, 5) is 14.7. The largest absolute Gasteiger partial charge is 0.337 e. The summed E-state index contributed by atoms with van der Waals surface area (Å²) in [5.74, 6) is 0.0580. The molecule has 1 aliphatic rings. The van der Waals surface area contributed by atoms with Crippen molar-refractivity contribution in [3.8, 4) is 5.69 Å². The molecule has 1 aliphatic heterocycles. The summed E-state index contributed by atoms with van der Waals surface area (Å²) in [7, 11) is 1.95. The van der Waals surface area contributed by atoms with Crippen molar-refractivity contribution >= 4 is 17.5 Å². The molecule has 0 saturated carbocycles. The third kappa shape index (κ3) is 3.41. The maximum absolute atomic E-state index is 12.8. The number of hydrogen-bond donors (Lipinski definition) is 1. The second-order valence-electron chi connectivity index (χ2n) is 5.93. The van der Waals surface area contributed by atoms with E-state index in [2.05, 4.69) is 10.4 Å². The van der Waals surface area contributed by atoms with Crippen LogP contribution in [-0.4, -0.2) is 46.8 Å². The highest BCUT2D eigenvalue weighted by molar-refractivity contribution is 6.30. The van der Waals surface area contributed by atoms with E-state index in [1.165, 1.54) is 0 Å². The fourth-order valence-corrected chi connectivity index (χ4v) is 3.09. The first-order chi connectivity index (χ1) is 11.1. The molecule has 1 amide bonds. The third-order valence-electron chi connectivity index (χ3n) is 4.34. The summed E-state index contributed by atoms with van der Waals surface area (Å²) in [5, 5.41) is 8.42. The van der Waals surface area contributed by atoms with Crippen LogP contribution in [0.25, 0.3) is 5.69 Å². The molecular formula is C17H21ClN4O. The summed E-state index contributed by atoms with van der Waals surface area (Å²) < 4.78 is 1.73. The summed E-state index contributed by atoms with van der Waals surface area (Å²) in [6.45, 7) is 3.43. The van der Waals surface area contributed by atoms with Crippen molar-refractivity contribution in [2.45, 2.75) is 25.8 Å². The van der Waals surface area contributed by atoms with Gasteiger partial charge in [0.25, 0.3) is 5.91 Å².